The van der Waals surface area contributed by atoms with Gasteiger partial charge in [0.25, 0.3) is 0 Å². The van der Waals surface area contributed by atoms with E-state index in [0.29, 0.717) is 17.2 Å². The number of para-hydroxylation sites is 1. The third kappa shape index (κ3) is 4.90. The van der Waals surface area contributed by atoms with Crippen LogP contribution in [0.15, 0.2) is 90.1 Å². The van der Waals surface area contributed by atoms with E-state index in [1.165, 1.54) is 0 Å². The van der Waals surface area contributed by atoms with E-state index in [4.69, 9.17) is 21.4 Å². The van der Waals surface area contributed by atoms with Crippen molar-refractivity contribution in [3.8, 4) is 16.9 Å². The van der Waals surface area contributed by atoms with Crippen molar-refractivity contribution < 1.29 is 9.53 Å². The van der Waals surface area contributed by atoms with Crippen LogP contribution < -0.4 is 0 Å². The van der Waals surface area contributed by atoms with Gasteiger partial charge in [0.2, 0.25) is 0 Å². The lowest BCUT2D eigenvalue weighted by Gasteiger charge is -2.02. The second kappa shape index (κ2) is 9.41. The number of carbonyl (C=O) groups excluding carboxylic acids is 1. The highest BCUT2D eigenvalue weighted by Crippen LogP contribution is 2.25. The number of aliphatic imine (C=N–C) groups is 1. The van der Waals surface area contributed by atoms with Crippen LogP contribution >= 0.6 is 11.6 Å². The molecule has 5 nitrogen and oxygen atoms in total. The van der Waals surface area contributed by atoms with E-state index in [1.54, 1.807) is 37.4 Å². The zero-order chi connectivity index (χ0) is 21.6. The standard InChI is InChI=1S/C25H20ClN3O2/c1-2-31-25(30)19-10-14-22(15-11-19)27-16-20-17-29(23-6-4-3-5-7-23)28-24(20)18-8-12-21(26)13-9-18/h3-17H,2H2,1H3. The molecule has 0 unspecified atom stereocenters. The smallest absolute Gasteiger partial charge is 0.338 e. The summed E-state index contributed by atoms with van der Waals surface area (Å²) in [6, 6.07) is 24.4. The zero-order valence-electron chi connectivity index (χ0n) is 16.9. The molecule has 4 aromatic rings. The van der Waals surface area contributed by atoms with Crippen LogP contribution in [-0.2, 0) is 4.74 Å². The lowest BCUT2D eigenvalue weighted by Crippen LogP contribution is -2.03. The lowest BCUT2D eigenvalue weighted by molar-refractivity contribution is 0.0526. The fourth-order valence-electron chi connectivity index (χ4n) is 3.07. The first-order valence-corrected chi connectivity index (χ1v) is 10.2. The van der Waals surface area contributed by atoms with Crippen LogP contribution in [0.2, 0.25) is 5.02 Å². The molecule has 154 valence electrons. The predicted octanol–water partition coefficient (Wildman–Crippen LogP) is 6.12. The third-order valence-corrected chi connectivity index (χ3v) is 4.86. The van der Waals surface area contributed by atoms with Gasteiger partial charge in [-0.3, -0.25) is 4.99 Å². The van der Waals surface area contributed by atoms with Gasteiger partial charge in [0.1, 0.15) is 5.69 Å². The summed E-state index contributed by atoms with van der Waals surface area (Å²) in [5.41, 5.74) is 4.78. The Morgan fingerprint density at radius 3 is 2.42 bits per heavy atom. The van der Waals surface area contributed by atoms with E-state index >= 15 is 0 Å². The van der Waals surface area contributed by atoms with Gasteiger partial charge in [-0.1, -0.05) is 41.9 Å². The first kappa shape index (κ1) is 20.6. The molecule has 0 saturated heterocycles. The fraction of sp³-hybridized carbons (Fsp3) is 0.0800. The maximum Gasteiger partial charge on any atom is 0.338 e. The van der Waals surface area contributed by atoms with Crippen molar-refractivity contribution in [3.05, 3.63) is 101 Å². The van der Waals surface area contributed by atoms with Crippen LogP contribution in [0.25, 0.3) is 16.9 Å². The van der Waals surface area contributed by atoms with Crippen molar-refractivity contribution in [2.45, 2.75) is 6.92 Å². The average molecular weight is 430 g/mol. The number of aromatic nitrogens is 2. The molecular weight excluding hydrogens is 410 g/mol. The van der Waals surface area contributed by atoms with Crippen molar-refractivity contribution >= 4 is 29.5 Å². The van der Waals surface area contributed by atoms with Crippen LogP contribution in [0.3, 0.4) is 0 Å². The molecule has 0 amide bonds. The van der Waals surface area contributed by atoms with E-state index in [0.717, 1.165) is 28.2 Å². The summed E-state index contributed by atoms with van der Waals surface area (Å²) >= 11 is 6.05. The molecule has 31 heavy (non-hydrogen) atoms. The van der Waals surface area contributed by atoms with Crippen molar-refractivity contribution in [1.82, 2.24) is 9.78 Å². The van der Waals surface area contributed by atoms with Crippen LogP contribution in [0.1, 0.15) is 22.8 Å². The van der Waals surface area contributed by atoms with Crippen molar-refractivity contribution in [1.29, 1.82) is 0 Å². The molecule has 0 aliphatic carbocycles. The minimum atomic E-state index is -0.341. The van der Waals surface area contributed by atoms with Gasteiger partial charge < -0.3 is 4.74 Å². The number of rotatable bonds is 6. The number of halogens is 1. The molecule has 1 heterocycles. The maximum atomic E-state index is 11.8. The molecule has 4 rings (SSSR count). The Morgan fingerprint density at radius 1 is 1.03 bits per heavy atom. The van der Waals surface area contributed by atoms with E-state index in [9.17, 15) is 4.79 Å². The molecule has 0 radical (unpaired) electrons. The number of hydrogen-bond donors (Lipinski definition) is 0. The van der Waals surface area contributed by atoms with Gasteiger partial charge in [-0.15, -0.1) is 0 Å². The SMILES string of the molecule is CCOC(=O)c1ccc(N=Cc2cn(-c3ccccc3)nc2-c2ccc(Cl)cc2)cc1. The topological polar surface area (TPSA) is 56.5 Å². The average Bonchev–Trinajstić information content (AvgIpc) is 3.23. The Balaban J connectivity index is 1.67. The Bertz CT molecular complexity index is 1200. The molecule has 6 heteroatoms. The van der Waals surface area contributed by atoms with Crippen LogP contribution in [0.4, 0.5) is 5.69 Å². The van der Waals surface area contributed by atoms with Crippen molar-refractivity contribution in [3.63, 3.8) is 0 Å². The molecule has 1 aromatic heterocycles. The van der Waals surface area contributed by atoms with Crippen molar-refractivity contribution in [2.75, 3.05) is 6.61 Å². The summed E-state index contributed by atoms with van der Waals surface area (Å²) in [7, 11) is 0. The molecule has 0 saturated carbocycles. The fourth-order valence-corrected chi connectivity index (χ4v) is 3.19. The Hall–Kier alpha value is -3.70. The summed E-state index contributed by atoms with van der Waals surface area (Å²) in [4.78, 5) is 16.4. The number of hydrogen-bond acceptors (Lipinski definition) is 4. The highest BCUT2D eigenvalue weighted by Gasteiger charge is 2.11. The minimum Gasteiger partial charge on any atom is -0.462 e. The molecule has 0 fully saturated rings. The van der Waals surface area contributed by atoms with Crippen LogP contribution in [0.5, 0.6) is 0 Å². The largest absolute Gasteiger partial charge is 0.462 e. The highest BCUT2D eigenvalue weighted by atomic mass is 35.5. The maximum absolute atomic E-state index is 11.8. The van der Waals surface area contributed by atoms with Gasteiger partial charge >= 0.3 is 5.97 Å². The number of esters is 1. The van der Waals surface area contributed by atoms with Crippen LogP contribution in [0, 0.1) is 0 Å². The van der Waals surface area contributed by atoms with Gasteiger partial charge in [0, 0.05) is 28.6 Å². The van der Waals surface area contributed by atoms with Gasteiger partial charge in [-0.2, -0.15) is 5.10 Å². The molecule has 0 aliphatic heterocycles. The minimum absolute atomic E-state index is 0.341. The summed E-state index contributed by atoms with van der Waals surface area (Å²) in [6.07, 6.45) is 3.71. The van der Waals surface area contributed by atoms with Gasteiger partial charge in [-0.05, 0) is 55.5 Å². The predicted molar refractivity (Wildman–Crippen MR) is 124 cm³/mol. The quantitative estimate of drug-likeness (QED) is 0.274. The van der Waals surface area contributed by atoms with Gasteiger partial charge in [-0.25, -0.2) is 9.48 Å². The number of benzene rings is 3. The summed E-state index contributed by atoms with van der Waals surface area (Å²) in [5.74, 6) is -0.341. The molecular formula is C25H20ClN3O2. The number of ether oxygens (including phenoxy) is 1. The lowest BCUT2D eigenvalue weighted by atomic mass is 10.1. The molecule has 0 spiro atoms. The zero-order valence-corrected chi connectivity index (χ0v) is 17.7. The Kier molecular flexibility index (Phi) is 6.24. The Labute approximate surface area is 185 Å². The molecule has 0 aliphatic rings. The van der Waals surface area contributed by atoms with E-state index < -0.39 is 0 Å². The number of carbonyl (C=O) groups is 1. The second-order valence-electron chi connectivity index (χ2n) is 6.75. The summed E-state index contributed by atoms with van der Waals surface area (Å²) in [6.45, 7) is 2.13. The first-order valence-electron chi connectivity index (χ1n) is 9.86. The first-order chi connectivity index (χ1) is 15.1. The second-order valence-corrected chi connectivity index (χ2v) is 7.18. The molecule has 0 atom stereocenters. The van der Waals surface area contributed by atoms with Gasteiger partial charge in [0.05, 0.1) is 23.5 Å². The molecule has 3 aromatic carbocycles. The normalized spacial score (nSPS) is 11.0. The van der Waals surface area contributed by atoms with Crippen LogP contribution in [-0.4, -0.2) is 28.6 Å². The monoisotopic (exact) mass is 429 g/mol. The van der Waals surface area contributed by atoms with Crippen molar-refractivity contribution in [2.24, 2.45) is 4.99 Å². The van der Waals surface area contributed by atoms with E-state index in [2.05, 4.69) is 4.99 Å². The molecule has 0 bridgehead atoms. The Morgan fingerprint density at radius 2 is 1.74 bits per heavy atom. The molecule has 0 N–H and O–H groups in total. The van der Waals surface area contributed by atoms with E-state index in [-0.39, 0.29) is 5.97 Å². The number of nitrogens with zero attached hydrogens (tertiary/aromatic N) is 3. The summed E-state index contributed by atoms with van der Waals surface area (Å²) in [5, 5.41) is 5.44. The highest BCUT2D eigenvalue weighted by molar-refractivity contribution is 6.30. The third-order valence-electron chi connectivity index (χ3n) is 4.61. The van der Waals surface area contributed by atoms with E-state index in [1.807, 2.05) is 65.5 Å². The summed E-state index contributed by atoms with van der Waals surface area (Å²) < 4.78 is 6.85. The van der Waals surface area contributed by atoms with Gasteiger partial charge in [0.15, 0.2) is 0 Å².